The third-order valence-electron chi connectivity index (χ3n) is 4.20. The first-order chi connectivity index (χ1) is 11.6. The maximum Gasteiger partial charge on any atom is 0.310 e. The summed E-state index contributed by atoms with van der Waals surface area (Å²) >= 11 is 0. The Bertz CT molecular complexity index is 597. The third-order valence-corrected chi connectivity index (χ3v) is 4.20. The van der Waals surface area contributed by atoms with Gasteiger partial charge in [0.25, 0.3) is 0 Å². The molecule has 1 aliphatic rings. The van der Waals surface area contributed by atoms with Gasteiger partial charge in [0.1, 0.15) is 0 Å². The van der Waals surface area contributed by atoms with Crippen molar-refractivity contribution < 1.29 is 14.3 Å². The second-order valence-electron chi connectivity index (χ2n) is 5.81. The largest absolute Gasteiger partial charge is 0.478 e. The predicted molar refractivity (Wildman–Crippen MR) is 107 cm³/mol. The number of esters is 1. The molecule has 1 aliphatic heterocycles. The van der Waals surface area contributed by atoms with Gasteiger partial charge in [-0.3, -0.25) is 9.79 Å². The monoisotopic (exact) mass is 462 g/mol. The molecule has 8 heteroatoms. The summed E-state index contributed by atoms with van der Waals surface area (Å²) in [7, 11) is 3.17. The standard InChI is InChI=1S/C17H26N4O3.HI/c1-5-24-15-13(7-6-8-19-15)9-20-17(18-3)21-10-12(2)14(11-21)16(22)23-4;/h6-8,12,14H,5,9-11H2,1-4H3,(H,18,20);1H. The second-order valence-corrected chi connectivity index (χ2v) is 5.81. The van der Waals surface area contributed by atoms with Crippen molar-refractivity contribution in [2.75, 3.05) is 33.9 Å². The zero-order chi connectivity index (χ0) is 17.5. The number of guanidine groups is 1. The minimum atomic E-state index is -0.161. The fourth-order valence-electron chi connectivity index (χ4n) is 2.93. The number of likely N-dealkylation sites (tertiary alicyclic amines) is 1. The summed E-state index contributed by atoms with van der Waals surface area (Å²) < 4.78 is 10.4. The van der Waals surface area contributed by atoms with Gasteiger partial charge in [-0.2, -0.15) is 0 Å². The molecule has 2 heterocycles. The summed E-state index contributed by atoms with van der Waals surface area (Å²) in [5, 5.41) is 3.33. The number of pyridine rings is 1. The highest BCUT2D eigenvalue weighted by Gasteiger charge is 2.36. The van der Waals surface area contributed by atoms with E-state index in [1.165, 1.54) is 7.11 Å². The Morgan fingerprint density at radius 2 is 2.24 bits per heavy atom. The van der Waals surface area contributed by atoms with Crippen LogP contribution in [0.25, 0.3) is 0 Å². The molecule has 2 atom stereocenters. The summed E-state index contributed by atoms with van der Waals surface area (Å²) in [5.74, 6) is 1.34. The highest BCUT2D eigenvalue weighted by molar-refractivity contribution is 14.0. The van der Waals surface area contributed by atoms with Gasteiger partial charge < -0.3 is 19.7 Å². The molecule has 25 heavy (non-hydrogen) atoms. The number of rotatable bonds is 5. The number of ether oxygens (including phenoxy) is 2. The van der Waals surface area contributed by atoms with Crippen LogP contribution in [0, 0.1) is 11.8 Å². The molecule has 0 spiro atoms. The number of aromatic nitrogens is 1. The number of nitrogens with zero attached hydrogens (tertiary/aromatic N) is 3. The minimum Gasteiger partial charge on any atom is -0.478 e. The maximum atomic E-state index is 11.8. The van der Waals surface area contributed by atoms with E-state index in [2.05, 4.69) is 27.1 Å². The van der Waals surface area contributed by atoms with Crippen molar-refractivity contribution in [1.82, 2.24) is 15.2 Å². The van der Waals surface area contributed by atoms with Gasteiger partial charge >= 0.3 is 5.97 Å². The first-order valence-electron chi connectivity index (χ1n) is 8.20. The molecule has 2 unspecified atom stereocenters. The lowest BCUT2D eigenvalue weighted by atomic mass is 9.99. The zero-order valence-corrected chi connectivity index (χ0v) is 17.5. The fraction of sp³-hybridized carbons (Fsp3) is 0.588. The van der Waals surface area contributed by atoms with Crippen molar-refractivity contribution in [3.8, 4) is 5.88 Å². The van der Waals surface area contributed by atoms with Crippen LogP contribution in [0.1, 0.15) is 19.4 Å². The molecular weight excluding hydrogens is 435 g/mol. The average molecular weight is 462 g/mol. The Kier molecular flexibility index (Phi) is 8.95. The molecule has 1 aromatic rings. The smallest absolute Gasteiger partial charge is 0.310 e. The first-order valence-corrected chi connectivity index (χ1v) is 8.20. The SMILES string of the molecule is CCOc1ncccc1CNC(=NC)N1CC(C)C(C(=O)OC)C1.I. The summed E-state index contributed by atoms with van der Waals surface area (Å²) in [6.07, 6.45) is 1.71. The first kappa shape index (κ1) is 21.5. The minimum absolute atomic E-state index is 0. The van der Waals surface area contributed by atoms with Gasteiger partial charge in [0, 0.05) is 38.4 Å². The molecule has 0 aromatic carbocycles. The molecule has 0 saturated carbocycles. The van der Waals surface area contributed by atoms with Gasteiger partial charge in [0.05, 0.1) is 19.6 Å². The highest BCUT2D eigenvalue weighted by Crippen LogP contribution is 2.24. The van der Waals surface area contributed by atoms with Gasteiger partial charge in [-0.05, 0) is 18.9 Å². The third kappa shape index (κ3) is 5.45. The number of aliphatic imine (C=N–C) groups is 1. The molecule has 7 nitrogen and oxygen atoms in total. The van der Waals surface area contributed by atoms with E-state index in [1.807, 2.05) is 19.1 Å². The number of halogens is 1. The summed E-state index contributed by atoms with van der Waals surface area (Å²) in [6, 6.07) is 3.86. The predicted octanol–water partition coefficient (Wildman–Crippen LogP) is 1.91. The Balaban J connectivity index is 0.00000312. The lowest BCUT2D eigenvalue weighted by Crippen LogP contribution is -2.40. The number of carbonyl (C=O) groups excluding carboxylic acids is 1. The Morgan fingerprint density at radius 1 is 1.48 bits per heavy atom. The van der Waals surface area contributed by atoms with E-state index in [4.69, 9.17) is 9.47 Å². The van der Waals surface area contributed by atoms with Crippen LogP contribution < -0.4 is 10.1 Å². The molecule has 1 saturated heterocycles. The molecule has 2 rings (SSSR count). The molecule has 140 valence electrons. The lowest BCUT2D eigenvalue weighted by molar-refractivity contribution is -0.145. The highest BCUT2D eigenvalue weighted by atomic mass is 127. The number of nitrogens with one attached hydrogen (secondary N) is 1. The summed E-state index contributed by atoms with van der Waals surface area (Å²) in [5.41, 5.74) is 0.970. The quantitative estimate of drug-likeness (QED) is 0.312. The normalized spacial score (nSPS) is 20.0. The van der Waals surface area contributed by atoms with Crippen LogP contribution in [0.15, 0.2) is 23.3 Å². The topological polar surface area (TPSA) is 76.0 Å². The molecular formula is C17H27IN4O3. The summed E-state index contributed by atoms with van der Waals surface area (Å²) in [4.78, 5) is 22.5. The van der Waals surface area contributed by atoms with Gasteiger partial charge in [0.15, 0.2) is 5.96 Å². The number of methoxy groups -OCH3 is 1. The van der Waals surface area contributed by atoms with E-state index in [0.29, 0.717) is 25.6 Å². The van der Waals surface area contributed by atoms with Crippen molar-refractivity contribution in [3.05, 3.63) is 23.9 Å². The van der Waals surface area contributed by atoms with Crippen molar-refractivity contribution >= 4 is 35.9 Å². The summed E-state index contributed by atoms with van der Waals surface area (Å²) in [6.45, 7) is 6.50. The van der Waals surface area contributed by atoms with Crippen LogP contribution in [0.5, 0.6) is 5.88 Å². The van der Waals surface area contributed by atoms with Crippen LogP contribution in [-0.4, -0.2) is 55.7 Å². The van der Waals surface area contributed by atoms with Crippen molar-refractivity contribution in [1.29, 1.82) is 0 Å². The number of carbonyl (C=O) groups is 1. The van der Waals surface area contributed by atoms with Crippen molar-refractivity contribution in [3.63, 3.8) is 0 Å². The van der Waals surface area contributed by atoms with E-state index in [9.17, 15) is 4.79 Å². The van der Waals surface area contributed by atoms with E-state index in [0.717, 1.165) is 18.1 Å². The van der Waals surface area contributed by atoms with Gasteiger partial charge in [-0.15, -0.1) is 24.0 Å². The van der Waals surface area contributed by atoms with E-state index in [1.54, 1.807) is 13.2 Å². The molecule has 1 fully saturated rings. The van der Waals surface area contributed by atoms with Crippen LogP contribution in [0.2, 0.25) is 0 Å². The van der Waals surface area contributed by atoms with Gasteiger partial charge in [-0.1, -0.05) is 13.0 Å². The number of hydrogen-bond donors (Lipinski definition) is 1. The fourth-order valence-corrected chi connectivity index (χ4v) is 2.93. The van der Waals surface area contributed by atoms with E-state index >= 15 is 0 Å². The number of hydrogen-bond acceptors (Lipinski definition) is 5. The molecule has 0 bridgehead atoms. The van der Waals surface area contributed by atoms with E-state index < -0.39 is 0 Å². The molecule has 0 aliphatic carbocycles. The average Bonchev–Trinajstić information content (AvgIpc) is 2.98. The van der Waals surface area contributed by atoms with Crippen LogP contribution >= 0.6 is 24.0 Å². The van der Waals surface area contributed by atoms with Crippen LogP contribution in [0.4, 0.5) is 0 Å². The molecule has 1 N–H and O–H groups in total. The molecule has 0 amide bonds. The van der Waals surface area contributed by atoms with Crippen LogP contribution in [0.3, 0.4) is 0 Å². The van der Waals surface area contributed by atoms with Crippen molar-refractivity contribution in [2.24, 2.45) is 16.8 Å². The van der Waals surface area contributed by atoms with Gasteiger partial charge in [0.2, 0.25) is 5.88 Å². The maximum absolute atomic E-state index is 11.8. The molecule has 0 radical (unpaired) electrons. The Labute approximate surface area is 166 Å². The lowest BCUT2D eigenvalue weighted by Gasteiger charge is -2.22. The Morgan fingerprint density at radius 3 is 2.88 bits per heavy atom. The van der Waals surface area contributed by atoms with E-state index in [-0.39, 0.29) is 41.8 Å². The zero-order valence-electron chi connectivity index (χ0n) is 15.2. The van der Waals surface area contributed by atoms with Gasteiger partial charge in [-0.25, -0.2) is 4.98 Å². The molecule has 1 aromatic heterocycles. The van der Waals surface area contributed by atoms with Crippen LogP contribution in [-0.2, 0) is 16.1 Å². The second kappa shape index (κ2) is 10.4. The van der Waals surface area contributed by atoms with Crippen molar-refractivity contribution in [2.45, 2.75) is 20.4 Å². The Hall–Kier alpha value is -1.58.